The second-order valence-corrected chi connectivity index (χ2v) is 5.89. The highest BCUT2D eigenvalue weighted by Gasteiger charge is 2.48. The number of amidine groups is 2. The molecule has 0 N–H and O–H groups in total. The van der Waals surface area contributed by atoms with Crippen molar-refractivity contribution in [3.63, 3.8) is 0 Å². The molecule has 6 nitrogen and oxygen atoms in total. The van der Waals surface area contributed by atoms with Crippen LogP contribution in [0.5, 0.6) is 0 Å². The van der Waals surface area contributed by atoms with Crippen LogP contribution in [0.4, 0.5) is 0 Å². The van der Waals surface area contributed by atoms with E-state index in [0.29, 0.717) is 5.56 Å². The van der Waals surface area contributed by atoms with Crippen LogP contribution in [-0.4, -0.2) is 26.8 Å². The molecule has 0 radical (unpaired) electrons. The number of carbonyl (C=O) groups is 1. The summed E-state index contributed by atoms with van der Waals surface area (Å²) >= 11 is 3.19. The van der Waals surface area contributed by atoms with Crippen molar-refractivity contribution in [2.45, 2.75) is 24.7 Å². The fraction of sp³-hybridized carbons (Fsp3) is 0.308. The van der Waals surface area contributed by atoms with Gasteiger partial charge >= 0.3 is 5.84 Å². The van der Waals surface area contributed by atoms with E-state index in [9.17, 15) is 14.9 Å². The van der Waals surface area contributed by atoms with Crippen molar-refractivity contribution in [3.05, 3.63) is 45.5 Å². The molecule has 1 unspecified atom stereocenters. The molecule has 0 spiro atoms. The minimum absolute atomic E-state index is 0.145. The third-order valence-corrected chi connectivity index (χ3v) is 3.67. The smallest absolute Gasteiger partial charge is 0.358 e. The first-order valence-corrected chi connectivity index (χ1v) is 6.70. The lowest BCUT2D eigenvalue weighted by molar-refractivity contribution is -0.354. The van der Waals surface area contributed by atoms with Gasteiger partial charge in [0.2, 0.25) is 10.3 Å². The normalized spacial score (nSPS) is 21.4. The number of alkyl halides is 1. The summed E-state index contributed by atoms with van der Waals surface area (Å²) in [6.45, 7) is 3.44. The topological polar surface area (TPSA) is 84.9 Å². The molecule has 1 aliphatic heterocycles. The molecule has 0 fully saturated rings. The first-order valence-electron chi connectivity index (χ1n) is 5.90. The van der Waals surface area contributed by atoms with Gasteiger partial charge in [-0.3, -0.25) is 4.79 Å². The highest BCUT2D eigenvalue weighted by molar-refractivity contribution is 9.10. The van der Waals surface area contributed by atoms with Crippen LogP contribution in [0, 0.1) is 17.0 Å². The number of rotatable bonds is 3. The third kappa shape index (κ3) is 2.82. The lowest BCUT2D eigenvalue weighted by Gasteiger charge is -2.14. The van der Waals surface area contributed by atoms with Gasteiger partial charge in [0.25, 0.3) is 0 Å². The van der Waals surface area contributed by atoms with Gasteiger partial charge in [-0.25, -0.2) is 4.99 Å². The molecule has 1 aromatic carbocycles. The number of benzene rings is 1. The van der Waals surface area contributed by atoms with Crippen molar-refractivity contribution in [1.82, 2.24) is 0 Å². The van der Waals surface area contributed by atoms with Gasteiger partial charge in [-0.2, -0.15) is 0 Å². The second-order valence-electron chi connectivity index (χ2n) is 4.58. The van der Waals surface area contributed by atoms with Crippen molar-refractivity contribution >= 4 is 33.4 Å². The molecule has 1 aromatic rings. The minimum atomic E-state index is -1.37. The standard InChI is InChI=1S/C13H12BrN3O3/c1-8-4-3-5-10(6-8)11(18)7-13(14)12(17(19)20)15-9(2)16-13/h3-6H,7H2,1-2H3. The number of hydrogen-bond acceptors (Lipinski definition) is 5. The maximum Gasteiger partial charge on any atom is 0.380 e. The van der Waals surface area contributed by atoms with Crippen molar-refractivity contribution in [1.29, 1.82) is 0 Å². The summed E-state index contributed by atoms with van der Waals surface area (Å²) in [6.07, 6.45) is -0.145. The molecule has 7 heteroatoms. The Kier molecular flexibility index (Phi) is 3.80. The Bertz CT molecular complexity index is 654. The molecule has 104 valence electrons. The van der Waals surface area contributed by atoms with Gasteiger partial charge in [-0.05, 0) is 38.8 Å². The maximum atomic E-state index is 12.3. The van der Waals surface area contributed by atoms with Crippen molar-refractivity contribution in [3.8, 4) is 0 Å². The number of nitrogens with zero attached hydrogens (tertiary/aromatic N) is 3. The van der Waals surface area contributed by atoms with E-state index < -0.39 is 9.37 Å². The number of nitro groups is 1. The highest BCUT2D eigenvalue weighted by atomic mass is 79.9. The Morgan fingerprint density at radius 2 is 2.15 bits per heavy atom. The zero-order valence-electron chi connectivity index (χ0n) is 11.0. The van der Waals surface area contributed by atoms with Crippen LogP contribution in [0.25, 0.3) is 0 Å². The van der Waals surface area contributed by atoms with E-state index in [1.165, 1.54) is 0 Å². The molecule has 2 rings (SSSR count). The van der Waals surface area contributed by atoms with Crippen LogP contribution in [0.3, 0.4) is 0 Å². The summed E-state index contributed by atoms with van der Waals surface area (Å²) in [6, 6.07) is 7.07. The fourth-order valence-corrected chi connectivity index (χ4v) is 2.75. The van der Waals surface area contributed by atoms with Gasteiger partial charge in [-0.15, -0.1) is 0 Å². The van der Waals surface area contributed by atoms with Crippen LogP contribution in [0.15, 0.2) is 34.3 Å². The van der Waals surface area contributed by atoms with Crippen LogP contribution >= 0.6 is 15.9 Å². The number of carbonyl (C=O) groups excluding carboxylic acids is 1. The predicted molar refractivity (Wildman–Crippen MR) is 79.3 cm³/mol. The van der Waals surface area contributed by atoms with E-state index in [-0.39, 0.29) is 23.9 Å². The number of aryl methyl sites for hydroxylation is 1. The van der Waals surface area contributed by atoms with Gasteiger partial charge < -0.3 is 10.1 Å². The molecule has 0 saturated carbocycles. The molecule has 0 saturated heterocycles. The van der Waals surface area contributed by atoms with Crippen molar-refractivity contribution < 1.29 is 9.72 Å². The molecule has 0 bridgehead atoms. The number of Topliss-reactive ketones (excluding diaryl/α,β-unsaturated/α-hetero) is 1. The van der Waals surface area contributed by atoms with Gasteiger partial charge in [0.15, 0.2) is 5.78 Å². The lowest BCUT2D eigenvalue weighted by Crippen LogP contribution is -2.35. The highest BCUT2D eigenvalue weighted by Crippen LogP contribution is 2.32. The fourth-order valence-electron chi connectivity index (χ4n) is 2.00. The van der Waals surface area contributed by atoms with Crippen LogP contribution in [-0.2, 0) is 0 Å². The summed E-state index contributed by atoms with van der Waals surface area (Å²) in [4.78, 5) is 30.5. The summed E-state index contributed by atoms with van der Waals surface area (Å²) in [5.74, 6) is -0.291. The van der Waals surface area contributed by atoms with Crippen molar-refractivity contribution in [2.24, 2.45) is 9.98 Å². The first kappa shape index (κ1) is 14.5. The molecule has 0 aromatic heterocycles. The van der Waals surface area contributed by atoms with Crippen molar-refractivity contribution in [2.75, 3.05) is 0 Å². The monoisotopic (exact) mass is 337 g/mol. The molecule has 20 heavy (non-hydrogen) atoms. The maximum absolute atomic E-state index is 12.3. The number of hydrogen-bond donors (Lipinski definition) is 0. The van der Waals surface area contributed by atoms with Gasteiger partial charge in [0.05, 0.1) is 6.42 Å². The minimum Gasteiger partial charge on any atom is -0.358 e. The summed E-state index contributed by atoms with van der Waals surface area (Å²) in [7, 11) is 0. The van der Waals surface area contributed by atoms with E-state index >= 15 is 0 Å². The Hall–Kier alpha value is -1.89. The Morgan fingerprint density at radius 1 is 1.45 bits per heavy atom. The third-order valence-electron chi connectivity index (χ3n) is 2.86. The first-order chi connectivity index (χ1) is 9.32. The van der Waals surface area contributed by atoms with Gasteiger partial charge in [-0.1, -0.05) is 23.8 Å². The molecule has 0 aliphatic carbocycles. The van der Waals surface area contributed by atoms with E-state index in [2.05, 4.69) is 25.9 Å². The van der Waals surface area contributed by atoms with Crippen LogP contribution in [0.1, 0.15) is 29.3 Å². The Labute approximate surface area is 123 Å². The lowest BCUT2D eigenvalue weighted by atomic mass is 10.0. The van der Waals surface area contributed by atoms with Crippen LogP contribution < -0.4 is 0 Å². The summed E-state index contributed by atoms with van der Waals surface area (Å²) < 4.78 is -1.37. The second kappa shape index (κ2) is 5.24. The predicted octanol–water partition coefficient (Wildman–Crippen LogP) is 2.77. The molecule has 1 aliphatic rings. The molecular weight excluding hydrogens is 326 g/mol. The zero-order valence-corrected chi connectivity index (χ0v) is 12.5. The van der Waals surface area contributed by atoms with E-state index in [4.69, 9.17) is 0 Å². The Morgan fingerprint density at radius 3 is 2.75 bits per heavy atom. The quantitative estimate of drug-likeness (QED) is 0.279. The Balaban J connectivity index is 2.27. The number of ketones is 1. The largest absolute Gasteiger partial charge is 0.380 e. The number of halogens is 1. The molecular formula is C13H12BrN3O3. The summed E-state index contributed by atoms with van der Waals surface area (Å²) in [5.41, 5.74) is 1.46. The average molecular weight is 338 g/mol. The van der Waals surface area contributed by atoms with Gasteiger partial charge in [0, 0.05) is 12.5 Å². The SMILES string of the molecule is CC1=NC(Br)(CC(=O)c2cccc(C)c2)C([N+](=O)[O-])=N1. The molecule has 1 heterocycles. The molecule has 0 amide bonds. The number of aliphatic imine (C=N–C) groups is 2. The van der Waals surface area contributed by atoms with E-state index in [1.807, 2.05) is 13.0 Å². The molecule has 1 atom stereocenters. The zero-order chi connectivity index (χ0) is 14.9. The van der Waals surface area contributed by atoms with Crippen LogP contribution in [0.2, 0.25) is 0 Å². The van der Waals surface area contributed by atoms with E-state index in [0.717, 1.165) is 5.56 Å². The average Bonchev–Trinajstić information content (AvgIpc) is 2.64. The summed E-state index contributed by atoms with van der Waals surface area (Å²) in [5, 5.41) is 11.0. The van der Waals surface area contributed by atoms with E-state index in [1.54, 1.807) is 25.1 Å². The van der Waals surface area contributed by atoms with Gasteiger partial charge in [0.1, 0.15) is 0 Å².